The highest BCUT2D eigenvalue weighted by Gasteiger charge is 2.31. The van der Waals surface area contributed by atoms with Gasteiger partial charge in [-0.05, 0) is 43.9 Å². The maximum absolute atomic E-state index is 5.35. The van der Waals surface area contributed by atoms with Crippen molar-refractivity contribution in [3.05, 3.63) is 41.5 Å². The summed E-state index contributed by atoms with van der Waals surface area (Å²) in [4.78, 5) is 14.7. The third kappa shape index (κ3) is 4.36. The molecule has 8 heteroatoms. The van der Waals surface area contributed by atoms with Gasteiger partial charge in [-0.15, -0.1) is 0 Å². The number of pyridine rings is 2. The van der Waals surface area contributed by atoms with Gasteiger partial charge in [0.15, 0.2) is 5.65 Å². The van der Waals surface area contributed by atoms with Gasteiger partial charge in [0.2, 0.25) is 0 Å². The zero-order valence-corrected chi connectivity index (χ0v) is 21.1. The Hall–Kier alpha value is -2.71. The second-order valence-electron chi connectivity index (χ2n) is 10.1. The van der Waals surface area contributed by atoms with Crippen LogP contribution in [0, 0.1) is 19.8 Å². The molecule has 0 radical (unpaired) electrons. The van der Waals surface area contributed by atoms with Gasteiger partial charge in [-0.1, -0.05) is 6.92 Å². The molecule has 2 aliphatic rings. The fraction of sp³-hybridized carbons (Fsp3) is 0.577. The van der Waals surface area contributed by atoms with Crippen molar-refractivity contribution in [3.63, 3.8) is 0 Å². The number of piperazine rings is 1. The molecule has 3 aromatic heterocycles. The molecule has 2 aliphatic heterocycles. The van der Waals surface area contributed by atoms with E-state index in [1.54, 1.807) is 7.11 Å². The second kappa shape index (κ2) is 9.50. The predicted molar refractivity (Wildman–Crippen MR) is 137 cm³/mol. The molecule has 0 saturated carbocycles. The van der Waals surface area contributed by atoms with Crippen LogP contribution in [-0.4, -0.2) is 72.2 Å². The molecule has 0 aliphatic carbocycles. The molecule has 182 valence electrons. The first-order valence-corrected chi connectivity index (χ1v) is 12.4. The van der Waals surface area contributed by atoms with E-state index in [0.717, 1.165) is 62.5 Å². The normalized spacial score (nSPS) is 23.6. The highest BCUT2D eigenvalue weighted by atomic mass is 16.5. The molecule has 2 saturated heterocycles. The topological polar surface area (TPSA) is 71.3 Å². The summed E-state index contributed by atoms with van der Waals surface area (Å²) in [7, 11) is 3.73. The number of ether oxygens (including phenoxy) is 1. The molecular formula is C26H37N7O. The Morgan fingerprint density at radius 1 is 1.12 bits per heavy atom. The summed E-state index contributed by atoms with van der Waals surface area (Å²) < 4.78 is 7.22. The first-order valence-electron chi connectivity index (χ1n) is 12.4. The zero-order chi connectivity index (χ0) is 23.8. The van der Waals surface area contributed by atoms with Gasteiger partial charge in [-0.3, -0.25) is 9.67 Å². The van der Waals surface area contributed by atoms with Gasteiger partial charge in [0.25, 0.3) is 0 Å². The van der Waals surface area contributed by atoms with Crippen molar-refractivity contribution in [1.29, 1.82) is 0 Å². The van der Waals surface area contributed by atoms with E-state index in [0.29, 0.717) is 17.9 Å². The average molecular weight is 464 g/mol. The van der Waals surface area contributed by atoms with E-state index in [1.165, 1.54) is 22.6 Å². The lowest BCUT2D eigenvalue weighted by molar-refractivity contribution is 0.163. The van der Waals surface area contributed by atoms with Crippen LogP contribution >= 0.6 is 0 Å². The van der Waals surface area contributed by atoms with Crippen molar-refractivity contribution < 1.29 is 4.74 Å². The summed E-state index contributed by atoms with van der Waals surface area (Å²) >= 11 is 0. The second-order valence-corrected chi connectivity index (χ2v) is 10.1. The monoisotopic (exact) mass is 463 g/mol. The molecule has 0 spiro atoms. The molecule has 0 unspecified atom stereocenters. The van der Waals surface area contributed by atoms with Gasteiger partial charge in [-0.2, -0.15) is 5.10 Å². The fourth-order valence-electron chi connectivity index (χ4n) is 5.76. The number of nitrogens with one attached hydrogen (secondary N) is 1. The number of rotatable bonds is 5. The van der Waals surface area contributed by atoms with Gasteiger partial charge < -0.3 is 19.9 Å². The number of anilines is 2. The van der Waals surface area contributed by atoms with Crippen LogP contribution in [0.2, 0.25) is 0 Å². The standard InChI is InChI=1S/C26H37N7O/c1-17-10-21(32-9-7-27-20(15-32)16-34-5)12-28-25(17)22-6-8-33(14-18(22)2)24-11-19(3)30-26-23(24)13-29-31(26)4/h10-13,18,20,22,27H,6-9,14-16H2,1-5H3/t18-,20-,22-/m1/s1. The molecule has 5 heterocycles. The molecule has 3 atom stereocenters. The molecule has 0 aromatic carbocycles. The summed E-state index contributed by atoms with van der Waals surface area (Å²) in [5.74, 6) is 0.984. The van der Waals surface area contributed by atoms with Crippen LogP contribution in [0.5, 0.6) is 0 Å². The number of fused-ring (bicyclic) bond motifs is 1. The molecule has 8 nitrogen and oxygen atoms in total. The third-order valence-electron chi connectivity index (χ3n) is 7.50. The molecule has 0 amide bonds. The number of nitrogens with zero attached hydrogens (tertiary/aromatic N) is 6. The van der Waals surface area contributed by atoms with Crippen molar-refractivity contribution in [2.24, 2.45) is 13.0 Å². The Morgan fingerprint density at radius 2 is 1.97 bits per heavy atom. The largest absolute Gasteiger partial charge is 0.383 e. The highest BCUT2D eigenvalue weighted by molar-refractivity contribution is 5.89. The SMILES string of the molecule is COC[C@H]1CN(c2cnc([C@@H]3CCN(c4cc(C)nc5c4cnn5C)C[C@H]3C)c(C)c2)CCN1. The van der Waals surface area contributed by atoms with Gasteiger partial charge in [0, 0.05) is 70.2 Å². The predicted octanol–water partition coefficient (Wildman–Crippen LogP) is 3.03. The van der Waals surface area contributed by atoms with Crippen molar-refractivity contribution in [3.8, 4) is 0 Å². The third-order valence-corrected chi connectivity index (χ3v) is 7.50. The zero-order valence-electron chi connectivity index (χ0n) is 21.1. The van der Waals surface area contributed by atoms with Gasteiger partial charge in [0.05, 0.1) is 35.8 Å². The van der Waals surface area contributed by atoms with E-state index in [9.17, 15) is 0 Å². The van der Waals surface area contributed by atoms with Crippen molar-refractivity contribution >= 4 is 22.4 Å². The number of hydrogen-bond acceptors (Lipinski definition) is 7. The Labute approximate surface area is 202 Å². The van der Waals surface area contributed by atoms with Crippen molar-refractivity contribution in [1.82, 2.24) is 25.1 Å². The lowest BCUT2D eigenvalue weighted by atomic mass is 9.82. The fourth-order valence-corrected chi connectivity index (χ4v) is 5.76. The average Bonchev–Trinajstić information content (AvgIpc) is 3.19. The molecule has 5 rings (SSSR count). The van der Waals surface area contributed by atoms with Crippen LogP contribution in [0.4, 0.5) is 11.4 Å². The summed E-state index contributed by atoms with van der Waals surface area (Å²) in [5, 5.41) is 9.12. The Balaban J connectivity index is 1.32. The summed E-state index contributed by atoms with van der Waals surface area (Å²) in [6, 6.07) is 4.91. The van der Waals surface area contributed by atoms with Gasteiger partial charge in [0.1, 0.15) is 0 Å². The minimum Gasteiger partial charge on any atom is -0.383 e. The number of piperidine rings is 1. The van der Waals surface area contributed by atoms with Crippen LogP contribution < -0.4 is 15.1 Å². The van der Waals surface area contributed by atoms with Crippen LogP contribution in [0.15, 0.2) is 24.5 Å². The maximum Gasteiger partial charge on any atom is 0.159 e. The first-order chi connectivity index (χ1) is 16.4. The Bertz CT molecular complexity index is 1160. The smallest absolute Gasteiger partial charge is 0.159 e. The quantitative estimate of drug-likeness (QED) is 0.624. The first kappa shape index (κ1) is 23.1. The van der Waals surface area contributed by atoms with Crippen LogP contribution in [-0.2, 0) is 11.8 Å². The minimum absolute atomic E-state index is 0.367. The summed E-state index contributed by atoms with van der Waals surface area (Å²) in [6.45, 7) is 12.4. The molecule has 3 aromatic rings. The summed E-state index contributed by atoms with van der Waals surface area (Å²) in [5.41, 5.74) is 7.04. The molecule has 34 heavy (non-hydrogen) atoms. The van der Waals surface area contributed by atoms with Crippen LogP contribution in [0.3, 0.4) is 0 Å². The molecule has 2 fully saturated rings. The molecule has 1 N–H and O–H groups in total. The molecule has 0 bridgehead atoms. The highest BCUT2D eigenvalue weighted by Crippen LogP contribution is 2.38. The number of hydrogen-bond donors (Lipinski definition) is 1. The maximum atomic E-state index is 5.35. The Morgan fingerprint density at radius 3 is 2.74 bits per heavy atom. The lowest BCUT2D eigenvalue weighted by Crippen LogP contribution is -2.52. The van der Waals surface area contributed by atoms with Crippen LogP contribution in [0.1, 0.15) is 36.2 Å². The Kier molecular flexibility index (Phi) is 6.44. The van der Waals surface area contributed by atoms with E-state index in [4.69, 9.17) is 14.7 Å². The van der Waals surface area contributed by atoms with E-state index in [1.807, 2.05) is 17.9 Å². The van der Waals surface area contributed by atoms with E-state index < -0.39 is 0 Å². The van der Waals surface area contributed by atoms with E-state index >= 15 is 0 Å². The van der Waals surface area contributed by atoms with E-state index in [2.05, 4.69) is 59.3 Å². The number of aryl methyl sites for hydroxylation is 3. The van der Waals surface area contributed by atoms with Gasteiger partial charge in [-0.25, -0.2) is 4.98 Å². The molecular weight excluding hydrogens is 426 g/mol. The van der Waals surface area contributed by atoms with Gasteiger partial charge >= 0.3 is 0 Å². The van der Waals surface area contributed by atoms with Crippen molar-refractivity contribution in [2.75, 3.05) is 56.2 Å². The minimum atomic E-state index is 0.367. The lowest BCUT2D eigenvalue weighted by Gasteiger charge is -2.39. The summed E-state index contributed by atoms with van der Waals surface area (Å²) in [6.07, 6.45) is 5.13. The van der Waals surface area contributed by atoms with Crippen LogP contribution in [0.25, 0.3) is 11.0 Å². The number of methoxy groups -OCH3 is 1. The van der Waals surface area contributed by atoms with Crippen molar-refractivity contribution in [2.45, 2.75) is 39.2 Å². The number of aromatic nitrogens is 4. The van der Waals surface area contributed by atoms with E-state index in [-0.39, 0.29) is 0 Å².